The van der Waals surface area contributed by atoms with Crippen molar-refractivity contribution in [1.82, 2.24) is 10.2 Å². The van der Waals surface area contributed by atoms with Gasteiger partial charge in [0.05, 0.1) is 21.5 Å². The van der Waals surface area contributed by atoms with Crippen LogP contribution in [0.15, 0.2) is 30.3 Å². The number of anilines is 2. The number of amides is 3. The average molecular weight is 563 g/mol. The molecule has 8 nitrogen and oxygen atoms in total. The van der Waals surface area contributed by atoms with E-state index in [-0.39, 0.29) is 42.6 Å². The quantitative estimate of drug-likeness (QED) is 0.451. The van der Waals surface area contributed by atoms with E-state index >= 15 is 4.39 Å². The van der Waals surface area contributed by atoms with E-state index in [4.69, 9.17) is 16.3 Å². The Hall–Kier alpha value is -2.53. The second-order valence-corrected chi connectivity index (χ2v) is 11.9. The molecule has 0 spiro atoms. The molecule has 1 aromatic carbocycles. The Labute approximate surface area is 230 Å². The Morgan fingerprint density at radius 3 is 2.58 bits per heavy atom. The summed E-state index contributed by atoms with van der Waals surface area (Å²) in [6, 6.07) is 7.30. The predicted molar refractivity (Wildman–Crippen MR) is 145 cm³/mol. The summed E-state index contributed by atoms with van der Waals surface area (Å²) < 4.78 is 20.8. The van der Waals surface area contributed by atoms with Gasteiger partial charge in [-0.1, -0.05) is 24.4 Å². The molecular weight excluding hydrogens is 531 g/mol. The molecule has 0 radical (unpaired) electrons. The van der Waals surface area contributed by atoms with Gasteiger partial charge >= 0.3 is 0 Å². The van der Waals surface area contributed by atoms with E-state index in [0.29, 0.717) is 34.0 Å². The van der Waals surface area contributed by atoms with Crippen molar-refractivity contribution in [1.29, 1.82) is 0 Å². The summed E-state index contributed by atoms with van der Waals surface area (Å²) in [5.41, 5.74) is 0.464. The molecule has 1 saturated heterocycles. The Bertz CT molecular complexity index is 1190. The van der Waals surface area contributed by atoms with Crippen molar-refractivity contribution in [3.8, 4) is 0 Å². The molecule has 2 aliphatic carbocycles. The molecule has 38 heavy (non-hydrogen) atoms. The lowest BCUT2D eigenvalue weighted by Crippen LogP contribution is -2.57. The topological polar surface area (TPSA) is 91.0 Å². The summed E-state index contributed by atoms with van der Waals surface area (Å²) in [4.78, 5) is 42.7. The molecule has 1 atom stereocenters. The summed E-state index contributed by atoms with van der Waals surface area (Å²) in [6.45, 7) is 1.58. The fourth-order valence-electron chi connectivity index (χ4n) is 5.08. The monoisotopic (exact) mass is 562 g/mol. The summed E-state index contributed by atoms with van der Waals surface area (Å²) in [6.07, 6.45) is 6.57. The molecule has 0 bridgehead atoms. The van der Waals surface area contributed by atoms with E-state index in [2.05, 4.69) is 15.5 Å². The van der Waals surface area contributed by atoms with Gasteiger partial charge in [0, 0.05) is 31.4 Å². The number of morpholine rings is 1. The number of hydrogen-bond acceptors (Lipinski definition) is 6. The highest BCUT2D eigenvalue weighted by Gasteiger charge is 2.37. The minimum atomic E-state index is -0.653. The molecule has 3 fully saturated rings. The highest BCUT2D eigenvalue weighted by molar-refractivity contribution is 7.18. The van der Waals surface area contributed by atoms with Gasteiger partial charge in [0.2, 0.25) is 5.91 Å². The lowest BCUT2D eigenvalue weighted by Gasteiger charge is -2.45. The molecule has 3 aliphatic rings. The van der Waals surface area contributed by atoms with Gasteiger partial charge in [0.15, 0.2) is 0 Å². The first-order valence-corrected chi connectivity index (χ1v) is 14.4. The number of ether oxygens (including phenoxy) is 1. The third-order valence-electron chi connectivity index (χ3n) is 7.70. The molecule has 0 unspecified atom stereocenters. The third kappa shape index (κ3) is 6.20. The van der Waals surface area contributed by atoms with Gasteiger partial charge in [0.1, 0.15) is 18.5 Å². The van der Waals surface area contributed by atoms with Crippen LogP contribution in [0.1, 0.15) is 48.2 Å². The normalized spacial score (nSPS) is 19.1. The van der Waals surface area contributed by atoms with E-state index in [1.807, 2.05) is 0 Å². The number of nitrogens with one attached hydrogen (secondary N) is 2. The smallest absolute Gasteiger partial charge is 0.261 e. The van der Waals surface area contributed by atoms with Crippen molar-refractivity contribution < 1.29 is 23.5 Å². The van der Waals surface area contributed by atoms with Crippen molar-refractivity contribution in [2.45, 2.75) is 50.6 Å². The fraction of sp³-hybridized carbons (Fsp3) is 0.519. The molecule has 2 heterocycles. The molecule has 1 aromatic heterocycles. The summed E-state index contributed by atoms with van der Waals surface area (Å²) in [5.74, 6) is -0.986. The van der Waals surface area contributed by atoms with Crippen LogP contribution in [0.5, 0.6) is 0 Å². The van der Waals surface area contributed by atoms with Crippen molar-refractivity contribution in [2.75, 3.05) is 43.1 Å². The molecule has 3 amide bonds. The van der Waals surface area contributed by atoms with Gasteiger partial charge in [-0.05, 0) is 61.9 Å². The number of benzene rings is 1. The van der Waals surface area contributed by atoms with Crippen LogP contribution in [-0.4, -0.2) is 67.6 Å². The zero-order valence-corrected chi connectivity index (χ0v) is 22.7. The Morgan fingerprint density at radius 1 is 1.18 bits per heavy atom. The summed E-state index contributed by atoms with van der Waals surface area (Å²) >= 11 is 7.17. The van der Waals surface area contributed by atoms with E-state index in [1.54, 1.807) is 18.2 Å². The summed E-state index contributed by atoms with van der Waals surface area (Å²) in [7, 11) is 0. The number of halogens is 2. The molecule has 2 aromatic rings. The van der Waals surface area contributed by atoms with Crippen molar-refractivity contribution >= 4 is 52.0 Å². The Morgan fingerprint density at radius 2 is 1.97 bits per heavy atom. The van der Waals surface area contributed by atoms with Crippen LogP contribution in [0.2, 0.25) is 4.34 Å². The second kappa shape index (κ2) is 12.1. The van der Waals surface area contributed by atoms with Crippen molar-refractivity contribution in [3.63, 3.8) is 0 Å². The molecule has 204 valence electrons. The number of carbonyl (C=O) groups is 3. The Balaban J connectivity index is 1.33. The van der Waals surface area contributed by atoms with E-state index in [1.165, 1.54) is 34.8 Å². The number of nitrogens with zero attached hydrogens (tertiary/aromatic N) is 2. The SMILES string of the molecule is O=C(NC[C@H](C(=O)Nc1ccc(N2CCOCC2=O)cc1F)N(CC1CCC1)C1CCC1)c1ccc(Cl)s1. The minimum Gasteiger partial charge on any atom is -0.370 e. The fourth-order valence-corrected chi connectivity index (χ4v) is 6.04. The highest BCUT2D eigenvalue weighted by Crippen LogP contribution is 2.33. The van der Waals surface area contributed by atoms with Gasteiger partial charge in [-0.15, -0.1) is 11.3 Å². The number of carbonyl (C=O) groups excluding carboxylic acids is 3. The maximum absolute atomic E-state index is 15.1. The van der Waals surface area contributed by atoms with Crippen LogP contribution in [0.3, 0.4) is 0 Å². The third-order valence-corrected chi connectivity index (χ3v) is 8.93. The van der Waals surface area contributed by atoms with Crippen LogP contribution in [0, 0.1) is 11.7 Å². The van der Waals surface area contributed by atoms with Crippen LogP contribution < -0.4 is 15.5 Å². The molecular formula is C27H32ClFN4O4S. The maximum atomic E-state index is 15.1. The minimum absolute atomic E-state index is 0.0385. The molecule has 11 heteroatoms. The second-order valence-electron chi connectivity index (χ2n) is 10.2. The maximum Gasteiger partial charge on any atom is 0.261 e. The summed E-state index contributed by atoms with van der Waals surface area (Å²) in [5, 5.41) is 5.66. The van der Waals surface area contributed by atoms with Crippen LogP contribution in [0.4, 0.5) is 15.8 Å². The molecule has 5 rings (SSSR count). The van der Waals surface area contributed by atoms with Crippen LogP contribution in [0.25, 0.3) is 0 Å². The highest BCUT2D eigenvalue weighted by atomic mass is 35.5. The number of rotatable bonds is 10. The van der Waals surface area contributed by atoms with Gasteiger partial charge in [-0.3, -0.25) is 19.3 Å². The lowest BCUT2D eigenvalue weighted by atomic mass is 9.82. The first-order chi connectivity index (χ1) is 18.4. The lowest BCUT2D eigenvalue weighted by molar-refractivity contribution is -0.126. The van der Waals surface area contributed by atoms with Crippen molar-refractivity contribution in [2.24, 2.45) is 5.92 Å². The average Bonchev–Trinajstić information content (AvgIpc) is 3.28. The van der Waals surface area contributed by atoms with Crippen LogP contribution >= 0.6 is 22.9 Å². The molecule has 1 aliphatic heterocycles. The van der Waals surface area contributed by atoms with Gasteiger partial charge in [-0.2, -0.15) is 0 Å². The first-order valence-electron chi connectivity index (χ1n) is 13.2. The predicted octanol–water partition coefficient (Wildman–Crippen LogP) is 4.30. The van der Waals surface area contributed by atoms with Gasteiger partial charge < -0.3 is 20.3 Å². The van der Waals surface area contributed by atoms with Crippen LogP contribution in [-0.2, 0) is 14.3 Å². The molecule has 2 saturated carbocycles. The standard InChI is InChI=1S/C27H32ClFN4O4S/c28-24-10-9-23(38-24)27(36)30-14-22(33(18-5-2-6-18)15-17-3-1-4-17)26(35)31-21-8-7-19(13-20(21)29)32-11-12-37-16-25(32)34/h7-10,13,17-18,22H,1-6,11-12,14-16H2,(H,30,36)(H,31,35)/t22-/m1/s1. The first kappa shape index (κ1) is 27.1. The van der Waals surface area contributed by atoms with E-state index in [9.17, 15) is 14.4 Å². The Kier molecular flexibility index (Phi) is 8.62. The zero-order chi connectivity index (χ0) is 26.6. The zero-order valence-electron chi connectivity index (χ0n) is 21.1. The largest absolute Gasteiger partial charge is 0.370 e. The van der Waals surface area contributed by atoms with Gasteiger partial charge in [-0.25, -0.2) is 4.39 Å². The number of thiophene rings is 1. The molecule has 2 N–H and O–H groups in total. The van der Waals surface area contributed by atoms with Crippen molar-refractivity contribution in [3.05, 3.63) is 45.4 Å². The van der Waals surface area contributed by atoms with Gasteiger partial charge in [0.25, 0.3) is 11.8 Å². The number of hydrogen-bond donors (Lipinski definition) is 2. The van der Waals surface area contributed by atoms with E-state index < -0.39 is 11.9 Å². The van der Waals surface area contributed by atoms with E-state index in [0.717, 1.165) is 38.6 Å².